The number of nitrogens with zero attached hydrogens (tertiary/aromatic N) is 1. The summed E-state index contributed by atoms with van der Waals surface area (Å²) in [7, 11) is 0. The molecule has 0 amide bonds. The van der Waals surface area contributed by atoms with E-state index in [9.17, 15) is 19.7 Å². The van der Waals surface area contributed by atoms with E-state index in [1.165, 1.54) is 13.0 Å². The third-order valence-electron chi connectivity index (χ3n) is 2.35. The Morgan fingerprint density at radius 1 is 1.24 bits per heavy atom. The fourth-order valence-electron chi connectivity index (χ4n) is 1.38. The van der Waals surface area contributed by atoms with Gasteiger partial charge in [0.05, 0.1) is 21.6 Å². The predicted octanol–water partition coefficient (Wildman–Crippen LogP) is 2.75. The van der Waals surface area contributed by atoms with Crippen LogP contribution in [0.3, 0.4) is 0 Å². The van der Waals surface area contributed by atoms with Gasteiger partial charge in [-0.15, -0.1) is 0 Å². The minimum absolute atomic E-state index is 0.00460. The van der Waals surface area contributed by atoms with Gasteiger partial charge in [-0.2, -0.15) is 0 Å². The molecule has 0 saturated heterocycles. The fraction of sp³-hybridized carbons (Fsp3) is 0.385. The van der Waals surface area contributed by atoms with E-state index in [4.69, 9.17) is 21.1 Å². The van der Waals surface area contributed by atoms with E-state index in [0.717, 1.165) is 12.1 Å². The third-order valence-corrected chi connectivity index (χ3v) is 2.68. The Hall–Kier alpha value is -2.15. The predicted molar refractivity (Wildman–Crippen MR) is 74.2 cm³/mol. The molecule has 0 heterocycles. The molecule has 0 aliphatic heterocycles. The van der Waals surface area contributed by atoms with Crippen molar-refractivity contribution < 1.29 is 24.0 Å². The third kappa shape index (κ3) is 4.71. The van der Waals surface area contributed by atoms with Crippen LogP contribution in [0.5, 0.6) is 0 Å². The van der Waals surface area contributed by atoms with Crippen LogP contribution in [0.2, 0.25) is 5.02 Å². The van der Waals surface area contributed by atoms with Gasteiger partial charge < -0.3 is 9.47 Å². The monoisotopic (exact) mass is 315 g/mol. The highest BCUT2D eigenvalue weighted by atomic mass is 35.5. The van der Waals surface area contributed by atoms with Crippen molar-refractivity contribution in [3.8, 4) is 0 Å². The molecule has 21 heavy (non-hydrogen) atoms. The fourth-order valence-corrected chi connectivity index (χ4v) is 1.58. The van der Waals surface area contributed by atoms with Gasteiger partial charge in [-0.3, -0.25) is 10.1 Å². The van der Waals surface area contributed by atoms with Gasteiger partial charge >= 0.3 is 11.9 Å². The van der Waals surface area contributed by atoms with Gasteiger partial charge in [0.25, 0.3) is 5.69 Å². The maximum Gasteiger partial charge on any atom is 0.347 e. The molecule has 0 aliphatic rings. The van der Waals surface area contributed by atoms with Gasteiger partial charge in [0.2, 0.25) is 0 Å². The zero-order valence-corrected chi connectivity index (χ0v) is 12.4. The second-order valence-corrected chi connectivity index (χ2v) is 4.86. The molecule has 0 N–H and O–H groups in total. The summed E-state index contributed by atoms with van der Waals surface area (Å²) in [5.74, 6) is -1.64. The van der Waals surface area contributed by atoms with Gasteiger partial charge in [0.15, 0.2) is 6.10 Å². The normalized spacial score (nSPS) is 11.9. The van der Waals surface area contributed by atoms with Crippen LogP contribution in [-0.4, -0.2) is 29.1 Å². The largest absolute Gasteiger partial charge is 0.460 e. The van der Waals surface area contributed by atoms with E-state index in [0.29, 0.717) is 0 Å². The molecule has 1 rings (SSSR count). The van der Waals surface area contributed by atoms with E-state index in [2.05, 4.69) is 0 Å². The van der Waals surface area contributed by atoms with Crippen LogP contribution in [0.4, 0.5) is 5.69 Å². The number of esters is 2. The highest BCUT2D eigenvalue weighted by Crippen LogP contribution is 2.23. The molecule has 0 aliphatic carbocycles. The Bertz CT molecular complexity index is 572. The first-order chi connectivity index (χ1) is 9.72. The Balaban J connectivity index is 2.87. The van der Waals surface area contributed by atoms with Gasteiger partial charge in [-0.25, -0.2) is 9.59 Å². The molecule has 0 spiro atoms. The van der Waals surface area contributed by atoms with Crippen LogP contribution in [0.1, 0.15) is 31.1 Å². The summed E-state index contributed by atoms with van der Waals surface area (Å²) in [4.78, 5) is 33.5. The summed E-state index contributed by atoms with van der Waals surface area (Å²) < 4.78 is 9.78. The lowest BCUT2D eigenvalue weighted by atomic mass is 10.2. The van der Waals surface area contributed by atoms with Crippen molar-refractivity contribution in [3.05, 3.63) is 38.9 Å². The number of nitro benzene ring substituents is 1. The number of hydrogen-bond donors (Lipinski definition) is 0. The van der Waals surface area contributed by atoms with Gasteiger partial charge in [0, 0.05) is 12.1 Å². The van der Waals surface area contributed by atoms with Crippen LogP contribution in [-0.2, 0) is 14.3 Å². The number of rotatable bonds is 5. The number of halogens is 1. The van der Waals surface area contributed by atoms with Crippen molar-refractivity contribution in [1.82, 2.24) is 0 Å². The number of carbonyl (C=O) groups is 2. The van der Waals surface area contributed by atoms with Crippen LogP contribution >= 0.6 is 11.6 Å². The summed E-state index contributed by atoms with van der Waals surface area (Å²) >= 11 is 5.80. The smallest absolute Gasteiger partial charge is 0.347 e. The number of non-ortho nitro benzene ring substituents is 1. The highest BCUT2D eigenvalue weighted by Gasteiger charge is 2.24. The van der Waals surface area contributed by atoms with E-state index >= 15 is 0 Å². The minimum Gasteiger partial charge on any atom is -0.460 e. The van der Waals surface area contributed by atoms with Crippen LogP contribution in [0, 0.1) is 10.1 Å². The molecule has 0 unspecified atom stereocenters. The van der Waals surface area contributed by atoms with Crippen molar-refractivity contribution in [2.24, 2.45) is 0 Å². The van der Waals surface area contributed by atoms with Crippen LogP contribution < -0.4 is 0 Å². The number of hydrogen-bond acceptors (Lipinski definition) is 6. The molecular formula is C13H14ClNO6. The quantitative estimate of drug-likeness (QED) is 0.471. The van der Waals surface area contributed by atoms with Crippen molar-refractivity contribution in [1.29, 1.82) is 0 Å². The average molecular weight is 316 g/mol. The molecule has 0 bridgehead atoms. The molecule has 0 aromatic heterocycles. The first-order valence-electron chi connectivity index (χ1n) is 6.07. The second kappa shape index (κ2) is 7.03. The van der Waals surface area contributed by atoms with Gasteiger partial charge in [-0.1, -0.05) is 11.6 Å². The van der Waals surface area contributed by atoms with Crippen LogP contribution in [0.15, 0.2) is 18.2 Å². The van der Waals surface area contributed by atoms with Gasteiger partial charge in [0.1, 0.15) is 0 Å². The molecule has 1 aromatic rings. The van der Waals surface area contributed by atoms with Crippen molar-refractivity contribution >= 4 is 29.2 Å². The summed E-state index contributed by atoms with van der Waals surface area (Å²) in [6, 6.07) is 3.37. The summed E-state index contributed by atoms with van der Waals surface area (Å²) in [6.45, 7) is 4.65. The molecule has 1 atom stereocenters. The maximum atomic E-state index is 11.9. The van der Waals surface area contributed by atoms with E-state index in [1.807, 2.05) is 0 Å². The molecule has 114 valence electrons. The molecule has 0 saturated carbocycles. The lowest BCUT2D eigenvalue weighted by Gasteiger charge is -2.15. The second-order valence-electron chi connectivity index (χ2n) is 4.45. The Morgan fingerprint density at radius 2 is 1.86 bits per heavy atom. The lowest BCUT2D eigenvalue weighted by molar-refractivity contribution is -0.384. The average Bonchev–Trinajstić information content (AvgIpc) is 2.37. The zero-order valence-electron chi connectivity index (χ0n) is 11.7. The number of nitro groups is 1. The Labute approximate surface area is 125 Å². The minimum atomic E-state index is -1.14. The number of carbonyl (C=O) groups excluding carboxylic acids is 2. The SMILES string of the molecule is CC(C)OC(=O)[C@H](C)OC(=O)c1cc([N+](=O)[O-])ccc1Cl. The first kappa shape index (κ1) is 16.9. The summed E-state index contributed by atoms with van der Waals surface area (Å²) in [5, 5.41) is 10.7. The molecule has 8 heteroatoms. The van der Waals surface area contributed by atoms with E-state index < -0.39 is 23.0 Å². The van der Waals surface area contributed by atoms with E-state index in [1.54, 1.807) is 13.8 Å². The Kier molecular flexibility index (Phi) is 5.66. The molecule has 0 radical (unpaired) electrons. The van der Waals surface area contributed by atoms with Crippen LogP contribution in [0.25, 0.3) is 0 Å². The summed E-state index contributed by atoms with van der Waals surface area (Å²) in [5.41, 5.74) is -0.487. The highest BCUT2D eigenvalue weighted by molar-refractivity contribution is 6.33. The van der Waals surface area contributed by atoms with Gasteiger partial charge in [-0.05, 0) is 26.8 Å². The molecule has 0 fully saturated rings. The van der Waals surface area contributed by atoms with Crippen molar-refractivity contribution in [2.75, 3.05) is 0 Å². The molecular weight excluding hydrogens is 302 g/mol. The maximum absolute atomic E-state index is 11.9. The number of benzene rings is 1. The topological polar surface area (TPSA) is 95.7 Å². The summed E-state index contributed by atoms with van der Waals surface area (Å²) in [6.07, 6.45) is -1.49. The molecule has 1 aromatic carbocycles. The zero-order chi connectivity index (χ0) is 16.2. The Morgan fingerprint density at radius 3 is 2.38 bits per heavy atom. The van der Waals surface area contributed by atoms with E-state index in [-0.39, 0.29) is 22.4 Å². The lowest BCUT2D eigenvalue weighted by Crippen LogP contribution is -2.28. The molecule has 7 nitrogen and oxygen atoms in total. The van der Waals surface area contributed by atoms with Crippen molar-refractivity contribution in [2.45, 2.75) is 33.0 Å². The standard InChI is InChI=1S/C13H14ClNO6/c1-7(2)20-12(16)8(3)21-13(17)10-6-9(15(18)19)4-5-11(10)14/h4-8H,1-3H3/t8-/m0/s1. The first-order valence-corrected chi connectivity index (χ1v) is 6.45. The van der Waals surface area contributed by atoms with Crippen molar-refractivity contribution in [3.63, 3.8) is 0 Å². The number of ether oxygens (including phenoxy) is 2.